The molecule has 0 aromatic heterocycles. The second-order valence-corrected chi connectivity index (χ2v) is 9.41. The van der Waals surface area contributed by atoms with Crippen molar-refractivity contribution in [2.75, 3.05) is 18.4 Å². The van der Waals surface area contributed by atoms with Crippen molar-refractivity contribution >= 4 is 17.7 Å². The molecule has 6 nitrogen and oxygen atoms in total. The van der Waals surface area contributed by atoms with Crippen LogP contribution < -0.4 is 10.6 Å². The fraction of sp³-hybridized carbons (Fsp3) is 0.636. The van der Waals surface area contributed by atoms with Crippen LogP contribution in [-0.4, -0.2) is 47.7 Å². The van der Waals surface area contributed by atoms with E-state index < -0.39 is 5.60 Å². The van der Waals surface area contributed by atoms with Gasteiger partial charge in [-0.25, -0.2) is 4.79 Å². The molecule has 0 saturated carbocycles. The van der Waals surface area contributed by atoms with Crippen molar-refractivity contribution in [2.24, 2.45) is 5.92 Å². The summed E-state index contributed by atoms with van der Waals surface area (Å²) in [5.74, 6) is 0.638. The quantitative estimate of drug-likeness (QED) is 0.836. The van der Waals surface area contributed by atoms with Gasteiger partial charge in [0.05, 0.1) is 5.92 Å². The number of benzene rings is 1. The molecule has 2 N–H and O–H groups in total. The highest BCUT2D eigenvalue weighted by Gasteiger charge is 2.45. The van der Waals surface area contributed by atoms with Gasteiger partial charge in [0, 0.05) is 30.9 Å². The zero-order chi connectivity index (χ0) is 19.9. The van der Waals surface area contributed by atoms with E-state index in [0.29, 0.717) is 5.92 Å². The first-order valence-electron chi connectivity index (χ1n) is 10.4. The molecule has 2 unspecified atom stereocenters. The Hall–Kier alpha value is -2.08. The molecule has 3 aliphatic rings. The lowest BCUT2D eigenvalue weighted by molar-refractivity contribution is -0.121. The van der Waals surface area contributed by atoms with Crippen LogP contribution in [-0.2, 0) is 9.53 Å². The van der Waals surface area contributed by atoms with E-state index in [1.54, 1.807) is 0 Å². The molecule has 1 aromatic carbocycles. The van der Waals surface area contributed by atoms with Gasteiger partial charge in [0.25, 0.3) is 0 Å². The minimum absolute atomic E-state index is 0.0903. The molecule has 4 rings (SSSR count). The SMILES string of the molecule is CC(C)(C)OC(=O)N1C2CCC1CC(c1ccc(NC(=O)C3CNC3)cc1)C2. The first-order valence-corrected chi connectivity index (χ1v) is 10.4. The van der Waals surface area contributed by atoms with Crippen LogP contribution in [0.3, 0.4) is 0 Å². The van der Waals surface area contributed by atoms with Gasteiger partial charge < -0.3 is 20.3 Å². The van der Waals surface area contributed by atoms with Crippen molar-refractivity contribution in [1.82, 2.24) is 10.2 Å². The number of carbonyl (C=O) groups excluding carboxylic acids is 2. The summed E-state index contributed by atoms with van der Waals surface area (Å²) in [6.07, 6.45) is 3.92. The van der Waals surface area contributed by atoms with E-state index in [1.165, 1.54) is 5.56 Å². The molecule has 2 bridgehead atoms. The van der Waals surface area contributed by atoms with Crippen molar-refractivity contribution in [3.05, 3.63) is 29.8 Å². The minimum Gasteiger partial charge on any atom is -0.444 e. The van der Waals surface area contributed by atoms with Crippen molar-refractivity contribution in [3.8, 4) is 0 Å². The fourth-order valence-corrected chi connectivity index (χ4v) is 4.62. The molecule has 3 saturated heterocycles. The zero-order valence-electron chi connectivity index (χ0n) is 17.0. The maximum atomic E-state index is 12.6. The second-order valence-electron chi connectivity index (χ2n) is 9.41. The highest BCUT2D eigenvalue weighted by molar-refractivity contribution is 5.93. The molecule has 3 heterocycles. The number of fused-ring (bicyclic) bond motifs is 2. The van der Waals surface area contributed by atoms with E-state index in [0.717, 1.165) is 44.5 Å². The first-order chi connectivity index (χ1) is 13.3. The molecule has 2 amide bonds. The molecule has 6 heteroatoms. The molecule has 0 radical (unpaired) electrons. The number of piperidine rings is 1. The molecule has 1 aromatic rings. The molecule has 152 valence electrons. The van der Waals surface area contributed by atoms with Gasteiger partial charge in [-0.2, -0.15) is 0 Å². The predicted octanol–water partition coefficient (Wildman–Crippen LogP) is 3.49. The average molecular weight is 386 g/mol. The van der Waals surface area contributed by atoms with Gasteiger partial charge in [-0.3, -0.25) is 4.79 Å². The third-order valence-corrected chi connectivity index (χ3v) is 6.14. The van der Waals surface area contributed by atoms with Crippen LogP contribution in [0.4, 0.5) is 10.5 Å². The second kappa shape index (κ2) is 7.39. The number of nitrogens with zero attached hydrogens (tertiary/aromatic N) is 1. The number of hydrogen-bond acceptors (Lipinski definition) is 4. The van der Waals surface area contributed by atoms with Crippen LogP contribution in [0.25, 0.3) is 0 Å². The average Bonchev–Trinajstić information content (AvgIpc) is 2.83. The van der Waals surface area contributed by atoms with E-state index >= 15 is 0 Å². The van der Waals surface area contributed by atoms with Crippen LogP contribution in [0.2, 0.25) is 0 Å². The number of anilines is 1. The van der Waals surface area contributed by atoms with Gasteiger partial charge in [0.1, 0.15) is 5.60 Å². The molecule has 2 atom stereocenters. The number of nitrogens with one attached hydrogen (secondary N) is 2. The Labute approximate surface area is 167 Å². The van der Waals surface area contributed by atoms with Gasteiger partial charge >= 0.3 is 6.09 Å². The normalized spacial score (nSPS) is 27.2. The zero-order valence-corrected chi connectivity index (χ0v) is 17.0. The Morgan fingerprint density at radius 1 is 1.07 bits per heavy atom. The van der Waals surface area contributed by atoms with Crippen LogP contribution in [0.15, 0.2) is 24.3 Å². The third kappa shape index (κ3) is 4.02. The molecule has 3 aliphatic heterocycles. The van der Waals surface area contributed by atoms with Gasteiger partial charge in [-0.1, -0.05) is 12.1 Å². The Balaban J connectivity index is 1.37. The van der Waals surface area contributed by atoms with E-state index in [-0.39, 0.29) is 30.0 Å². The van der Waals surface area contributed by atoms with Crippen LogP contribution in [0, 0.1) is 5.92 Å². The Morgan fingerprint density at radius 2 is 1.68 bits per heavy atom. The highest BCUT2D eigenvalue weighted by Crippen LogP contribution is 2.43. The summed E-state index contributed by atoms with van der Waals surface area (Å²) < 4.78 is 5.63. The summed E-state index contributed by atoms with van der Waals surface area (Å²) in [6, 6.07) is 8.79. The Kier molecular flexibility index (Phi) is 5.08. The first kappa shape index (κ1) is 19.2. The van der Waals surface area contributed by atoms with Gasteiger partial charge in [-0.05, 0) is 70.1 Å². The lowest BCUT2D eigenvalue weighted by atomic mass is 9.85. The standard InChI is InChI=1S/C22H31N3O3/c1-22(2,3)28-21(27)25-18-8-9-19(25)11-15(10-18)14-4-6-17(7-5-14)24-20(26)16-12-23-13-16/h4-7,15-16,18-19,23H,8-13H2,1-3H3,(H,24,26). The molecule has 0 spiro atoms. The number of carbonyl (C=O) groups is 2. The van der Waals surface area contributed by atoms with E-state index in [2.05, 4.69) is 22.8 Å². The van der Waals surface area contributed by atoms with E-state index in [4.69, 9.17) is 4.74 Å². The summed E-state index contributed by atoms with van der Waals surface area (Å²) >= 11 is 0. The van der Waals surface area contributed by atoms with Crippen molar-refractivity contribution < 1.29 is 14.3 Å². The number of ether oxygens (including phenoxy) is 1. The van der Waals surface area contributed by atoms with Crippen LogP contribution in [0.5, 0.6) is 0 Å². The Bertz CT molecular complexity index is 722. The molecular formula is C22H31N3O3. The third-order valence-electron chi connectivity index (χ3n) is 6.14. The Morgan fingerprint density at radius 3 is 2.18 bits per heavy atom. The smallest absolute Gasteiger partial charge is 0.410 e. The predicted molar refractivity (Wildman–Crippen MR) is 108 cm³/mol. The topological polar surface area (TPSA) is 70.7 Å². The molecule has 3 fully saturated rings. The minimum atomic E-state index is -0.455. The lowest BCUT2D eigenvalue weighted by Gasteiger charge is -2.39. The fourth-order valence-electron chi connectivity index (χ4n) is 4.62. The van der Waals surface area contributed by atoms with Crippen molar-refractivity contribution in [1.29, 1.82) is 0 Å². The maximum Gasteiger partial charge on any atom is 0.410 e. The van der Waals surface area contributed by atoms with Gasteiger partial charge in [0.2, 0.25) is 5.91 Å². The molecule has 0 aliphatic carbocycles. The highest BCUT2D eigenvalue weighted by atomic mass is 16.6. The summed E-state index contributed by atoms with van der Waals surface area (Å²) in [6.45, 7) is 7.29. The van der Waals surface area contributed by atoms with Crippen molar-refractivity contribution in [3.63, 3.8) is 0 Å². The van der Waals surface area contributed by atoms with Crippen LogP contribution in [0.1, 0.15) is 57.9 Å². The summed E-state index contributed by atoms with van der Waals surface area (Å²) in [5.41, 5.74) is 1.70. The number of hydrogen-bond donors (Lipinski definition) is 2. The van der Waals surface area contributed by atoms with Crippen molar-refractivity contribution in [2.45, 2.75) is 70.1 Å². The summed E-state index contributed by atoms with van der Waals surface area (Å²) in [4.78, 5) is 26.7. The lowest BCUT2D eigenvalue weighted by Crippen LogP contribution is -2.48. The molecule has 28 heavy (non-hydrogen) atoms. The summed E-state index contributed by atoms with van der Waals surface area (Å²) in [7, 11) is 0. The van der Waals surface area contributed by atoms with Gasteiger partial charge in [0.15, 0.2) is 0 Å². The van der Waals surface area contributed by atoms with Crippen LogP contribution >= 0.6 is 0 Å². The van der Waals surface area contributed by atoms with Gasteiger partial charge in [-0.15, -0.1) is 0 Å². The number of amides is 2. The number of rotatable bonds is 3. The molecular weight excluding hydrogens is 354 g/mol. The van der Waals surface area contributed by atoms with E-state index in [9.17, 15) is 9.59 Å². The van der Waals surface area contributed by atoms with E-state index in [1.807, 2.05) is 37.8 Å². The monoisotopic (exact) mass is 385 g/mol. The summed E-state index contributed by atoms with van der Waals surface area (Å²) in [5, 5.41) is 6.12. The largest absolute Gasteiger partial charge is 0.444 e. The maximum absolute atomic E-state index is 12.6.